The molecule has 0 fully saturated rings. The first-order chi connectivity index (χ1) is 8.43. The maximum Gasteiger partial charge on any atom is 0.324 e. The summed E-state index contributed by atoms with van der Waals surface area (Å²) in [5.41, 5.74) is 0. The van der Waals surface area contributed by atoms with Crippen molar-refractivity contribution >= 4 is 44.4 Å². The number of thiazole rings is 1. The summed E-state index contributed by atoms with van der Waals surface area (Å²) in [4.78, 5) is 28.0. The number of aliphatic carboxylic acids is 1. The predicted molar refractivity (Wildman–Crippen MR) is 72.9 cm³/mol. The van der Waals surface area contributed by atoms with E-state index < -0.39 is 12.0 Å². The van der Waals surface area contributed by atoms with Crippen LogP contribution in [0, 0.1) is 0 Å². The second kappa shape index (κ2) is 6.69. The van der Waals surface area contributed by atoms with Gasteiger partial charge >= 0.3 is 12.0 Å². The standard InChI is InChI=1S/C10H14BrN3O3S/c1-3-6(2)14(5-8(15)16)10(17)13-9-12-4-7(11)18-9/h4,6H,3,5H2,1-2H3,(H,15,16)(H,12,13,17). The van der Waals surface area contributed by atoms with Crippen molar-refractivity contribution in [1.29, 1.82) is 0 Å². The van der Waals surface area contributed by atoms with Crippen LogP contribution in [0.25, 0.3) is 0 Å². The van der Waals surface area contributed by atoms with E-state index in [4.69, 9.17) is 5.11 Å². The molecular weight excluding hydrogens is 322 g/mol. The van der Waals surface area contributed by atoms with Gasteiger partial charge < -0.3 is 10.0 Å². The van der Waals surface area contributed by atoms with E-state index in [1.54, 1.807) is 13.1 Å². The van der Waals surface area contributed by atoms with Gasteiger partial charge in [-0.1, -0.05) is 18.3 Å². The fourth-order valence-corrected chi connectivity index (χ4v) is 2.37. The summed E-state index contributed by atoms with van der Waals surface area (Å²) in [6.45, 7) is 3.38. The summed E-state index contributed by atoms with van der Waals surface area (Å²) in [6.07, 6.45) is 2.26. The number of nitrogens with zero attached hydrogens (tertiary/aromatic N) is 2. The van der Waals surface area contributed by atoms with Gasteiger partial charge in [-0.05, 0) is 29.3 Å². The molecule has 0 bridgehead atoms. The van der Waals surface area contributed by atoms with Gasteiger partial charge in [-0.3, -0.25) is 10.1 Å². The second-order valence-corrected chi connectivity index (χ2v) is 6.09. The lowest BCUT2D eigenvalue weighted by Crippen LogP contribution is -2.44. The number of urea groups is 1. The average molecular weight is 336 g/mol. The fourth-order valence-electron chi connectivity index (χ4n) is 1.27. The van der Waals surface area contributed by atoms with E-state index in [0.29, 0.717) is 11.6 Å². The van der Waals surface area contributed by atoms with Gasteiger partial charge in [-0.25, -0.2) is 9.78 Å². The number of carboxylic acid groups (broad SMARTS) is 1. The van der Waals surface area contributed by atoms with E-state index in [1.807, 2.05) is 6.92 Å². The molecule has 2 amide bonds. The molecule has 0 saturated carbocycles. The Morgan fingerprint density at radius 2 is 2.33 bits per heavy atom. The van der Waals surface area contributed by atoms with Crippen LogP contribution < -0.4 is 5.32 Å². The molecule has 100 valence electrons. The van der Waals surface area contributed by atoms with Crippen LogP contribution in [0.1, 0.15) is 20.3 Å². The first kappa shape index (κ1) is 14.9. The quantitative estimate of drug-likeness (QED) is 0.866. The Labute approximate surface area is 117 Å². The Morgan fingerprint density at radius 3 is 2.78 bits per heavy atom. The van der Waals surface area contributed by atoms with Crippen molar-refractivity contribution in [2.45, 2.75) is 26.3 Å². The van der Waals surface area contributed by atoms with Crippen LogP contribution in [0.3, 0.4) is 0 Å². The van der Waals surface area contributed by atoms with Crippen LogP contribution >= 0.6 is 27.3 Å². The molecule has 1 heterocycles. The number of anilines is 1. The van der Waals surface area contributed by atoms with Crippen LogP contribution in [0.4, 0.5) is 9.93 Å². The number of carbonyl (C=O) groups is 2. The summed E-state index contributed by atoms with van der Waals surface area (Å²) in [5, 5.41) is 11.8. The first-order valence-electron chi connectivity index (χ1n) is 5.34. The first-order valence-corrected chi connectivity index (χ1v) is 6.95. The van der Waals surface area contributed by atoms with Gasteiger partial charge in [0.2, 0.25) is 0 Å². The number of carboxylic acids is 1. The third kappa shape index (κ3) is 4.26. The molecule has 0 saturated heterocycles. The molecule has 1 aromatic heterocycles. The molecule has 6 nitrogen and oxygen atoms in total. The number of halogens is 1. The largest absolute Gasteiger partial charge is 0.480 e. The van der Waals surface area contributed by atoms with Crippen molar-refractivity contribution in [2.24, 2.45) is 0 Å². The van der Waals surface area contributed by atoms with E-state index in [2.05, 4.69) is 26.2 Å². The number of hydrogen-bond acceptors (Lipinski definition) is 4. The maximum atomic E-state index is 12.0. The molecule has 1 unspecified atom stereocenters. The Morgan fingerprint density at radius 1 is 1.67 bits per heavy atom. The SMILES string of the molecule is CCC(C)N(CC(=O)O)C(=O)Nc1ncc(Br)s1. The van der Waals surface area contributed by atoms with Gasteiger partial charge in [0.05, 0.1) is 9.98 Å². The van der Waals surface area contributed by atoms with Crippen LogP contribution in [0.2, 0.25) is 0 Å². The van der Waals surface area contributed by atoms with E-state index in [1.165, 1.54) is 16.2 Å². The third-order valence-electron chi connectivity index (χ3n) is 2.38. The zero-order chi connectivity index (χ0) is 13.7. The molecule has 0 spiro atoms. The second-order valence-electron chi connectivity index (χ2n) is 3.68. The van der Waals surface area contributed by atoms with Crippen LogP contribution in [-0.4, -0.2) is 39.6 Å². The van der Waals surface area contributed by atoms with Crippen LogP contribution in [0.15, 0.2) is 9.98 Å². The zero-order valence-corrected chi connectivity index (χ0v) is 12.4. The topological polar surface area (TPSA) is 82.5 Å². The lowest BCUT2D eigenvalue weighted by molar-refractivity contribution is -0.138. The number of hydrogen-bond donors (Lipinski definition) is 2. The Kier molecular flexibility index (Phi) is 5.54. The molecule has 1 rings (SSSR count). The monoisotopic (exact) mass is 335 g/mol. The lowest BCUT2D eigenvalue weighted by atomic mass is 10.2. The number of nitrogens with one attached hydrogen (secondary N) is 1. The summed E-state index contributed by atoms with van der Waals surface area (Å²) in [6, 6.07) is -0.599. The summed E-state index contributed by atoms with van der Waals surface area (Å²) >= 11 is 4.51. The molecule has 0 aliphatic rings. The predicted octanol–water partition coefficient (Wildman–Crippen LogP) is 2.62. The van der Waals surface area contributed by atoms with E-state index >= 15 is 0 Å². The van der Waals surface area contributed by atoms with Gasteiger partial charge in [-0.15, -0.1) is 0 Å². The highest BCUT2D eigenvalue weighted by molar-refractivity contribution is 9.11. The van der Waals surface area contributed by atoms with Crippen molar-refractivity contribution in [3.05, 3.63) is 9.98 Å². The molecule has 0 aromatic carbocycles. The molecule has 0 aliphatic heterocycles. The van der Waals surface area contributed by atoms with Crippen molar-refractivity contribution in [3.63, 3.8) is 0 Å². The highest BCUT2D eigenvalue weighted by Crippen LogP contribution is 2.23. The minimum absolute atomic E-state index is 0.149. The molecule has 2 N–H and O–H groups in total. The number of carbonyl (C=O) groups excluding carboxylic acids is 1. The van der Waals surface area contributed by atoms with Gasteiger partial charge in [0.1, 0.15) is 6.54 Å². The zero-order valence-electron chi connectivity index (χ0n) is 10.0. The van der Waals surface area contributed by atoms with E-state index in [9.17, 15) is 9.59 Å². The van der Waals surface area contributed by atoms with E-state index in [0.717, 1.165) is 3.79 Å². The lowest BCUT2D eigenvalue weighted by Gasteiger charge is -2.26. The van der Waals surface area contributed by atoms with Crippen LogP contribution in [0.5, 0.6) is 0 Å². The van der Waals surface area contributed by atoms with Gasteiger partial charge in [0.25, 0.3) is 0 Å². The Balaban J connectivity index is 2.72. The summed E-state index contributed by atoms with van der Waals surface area (Å²) < 4.78 is 0.797. The molecule has 0 aliphatic carbocycles. The Hall–Kier alpha value is -1.15. The summed E-state index contributed by atoms with van der Waals surface area (Å²) in [5.74, 6) is -1.04. The normalized spacial score (nSPS) is 11.9. The van der Waals surface area contributed by atoms with Gasteiger partial charge in [0.15, 0.2) is 5.13 Å². The van der Waals surface area contributed by atoms with Crippen molar-refractivity contribution in [1.82, 2.24) is 9.88 Å². The Bertz CT molecular complexity index is 438. The fraction of sp³-hybridized carbons (Fsp3) is 0.500. The highest BCUT2D eigenvalue weighted by atomic mass is 79.9. The highest BCUT2D eigenvalue weighted by Gasteiger charge is 2.22. The van der Waals surface area contributed by atoms with Crippen LogP contribution in [-0.2, 0) is 4.79 Å². The third-order valence-corrected chi connectivity index (χ3v) is 3.77. The average Bonchev–Trinajstić information content (AvgIpc) is 2.70. The van der Waals surface area contributed by atoms with E-state index in [-0.39, 0.29) is 12.6 Å². The number of aromatic nitrogens is 1. The minimum Gasteiger partial charge on any atom is -0.480 e. The molecule has 0 radical (unpaired) electrons. The molecular formula is C10H14BrN3O3S. The smallest absolute Gasteiger partial charge is 0.324 e. The maximum absolute atomic E-state index is 12.0. The molecule has 8 heteroatoms. The minimum atomic E-state index is -1.04. The molecule has 1 aromatic rings. The number of rotatable bonds is 5. The molecule has 1 atom stereocenters. The summed E-state index contributed by atoms with van der Waals surface area (Å²) in [7, 11) is 0. The van der Waals surface area contributed by atoms with Gasteiger partial charge in [-0.2, -0.15) is 0 Å². The van der Waals surface area contributed by atoms with Crippen molar-refractivity contribution in [2.75, 3.05) is 11.9 Å². The molecule has 18 heavy (non-hydrogen) atoms. The van der Waals surface area contributed by atoms with Crippen molar-refractivity contribution < 1.29 is 14.7 Å². The van der Waals surface area contributed by atoms with Crippen molar-refractivity contribution in [3.8, 4) is 0 Å². The van der Waals surface area contributed by atoms with Gasteiger partial charge in [0, 0.05) is 6.04 Å². The number of amides is 2.